The molecule has 0 radical (unpaired) electrons. The Labute approximate surface area is 138 Å². The van der Waals surface area contributed by atoms with E-state index in [0.29, 0.717) is 0 Å². The van der Waals surface area contributed by atoms with Gasteiger partial charge in [-0.15, -0.1) is 0 Å². The fourth-order valence-electron chi connectivity index (χ4n) is 4.81. The summed E-state index contributed by atoms with van der Waals surface area (Å²) in [5.74, 6) is 0. The lowest BCUT2D eigenvalue weighted by Gasteiger charge is -2.46. The highest BCUT2D eigenvalue weighted by atomic mass is 31.2. The minimum Gasteiger partial charge on any atom is -0.174 e. The Morgan fingerprint density at radius 1 is 0.818 bits per heavy atom. The molecule has 0 bridgehead atoms. The SMILES string of the molecule is [CH2-][P+](c1ccc(CC)cc1)(C1CCCCC1)C1CCCCC1. The van der Waals surface area contributed by atoms with Crippen LogP contribution in [0.1, 0.15) is 76.7 Å². The van der Waals surface area contributed by atoms with Crippen LogP contribution in [0.25, 0.3) is 0 Å². The fraction of sp³-hybridized carbons (Fsp3) is 0.667. The lowest BCUT2D eigenvalue weighted by Crippen LogP contribution is -2.32. The Bertz CT molecular complexity index is 431. The average molecular weight is 316 g/mol. The van der Waals surface area contributed by atoms with Crippen molar-refractivity contribution in [1.82, 2.24) is 0 Å². The van der Waals surface area contributed by atoms with Gasteiger partial charge in [0.25, 0.3) is 0 Å². The first kappa shape index (κ1) is 16.5. The lowest BCUT2D eigenvalue weighted by atomic mass is 9.99. The molecule has 2 saturated carbocycles. The third kappa shape index (κ3) is 3.28. The van der Waals surface area contributed by atoms with Gasteiger partial charge in [0, 0.05) is 11.3 Å². The third-order valence-corrected chi connectivity index (χ3v) is 11.2. The van der Waals surface area contributed by atoms with Gasteiger partial charge in [-0.3, -0.25) is 0 Å². The second kappa shape index (κ2) is 7.48. The maximum absolute atomic E-state index is 5.05. The number of rotatable bonds is 4. The Morgan fingerprint density at radius 2 is 1.27 bits per heavy atom. The molecule has 2 fully saturated rings. The monoisotopic (exact) mass is 316 g/mol. The van der Waals surface area contributed by atoms with Crippen molar-refractivity contribution in [2.75, 3.05) is 0 Å². The normalized spacial score (nSPS) is 21.9. The van der Waals surface area contributed by atoms with Crippen molar-refractivity contribution in [3.05, 3.63) is 36.5 Å². The first-order valence-electron chi connectivity index (χ1n) is 9.57. The van der Waals surface area contributed by atoms with E-state index in [1.165, 1.54) is 69.8 Å². The van der Waals surface area contributed by atoms with Crippen LogP contribution in [0.5, 0.6) is 0 Å². The van der Waals surface area contributed by atoms with Gasteiger partial charge in [0.2, 0.25) is 0 Å². The maximum atomic E-state index is 5.05. The zero-order valence-electron chi connectivity index (χ0n) is 14.4. The number of aryl methyl sites for hydroxylation is 1. The summed E-state index contributed by atoms with van der Waals surface area (Å²) in [4.78, 5) is 0. The average Bonchev–Trinajstić information content (AvgIpc) is 2.62. The molecule has 1 heteroatoms. The summed E-state index contributed by atoms with van der Waals surface area (Å²) in [6.45, 7) is 7.31. The van der Waals surface area contributed by atoms with E-state index in [9.17, 15) is 0 Å². The highest BCUT2D eigenvalue weighted by Crippen LogP contribution is 2.70. The molecule has 3 rings (SSSR count). The summed E-state index contributed by atoms with van der Waals surface area (Å²) in [5, 5.41) is 1.64. The van der Waals surface area contributed by atoms with Crippen LogP contribution in [-0.2, 0) is 6.42 Å². The van der Waals surface area contributed by atoms with E-state index < -0.39 is 7.26 Å². The first-order valence-corrected chi connectivity index (χ1v) is 11.7. The molecule has 0 spiro atoms. The van der Waals surface area contributed by atoms with E-state index in [2.05, 4.69) is 31.2 Å². The third-order valence-electron chi connectivity index (χ3n) is 6.28. The largest absolute Gasteiger partial charge is 0.174 e. The predicted molar refractivity (Wildman–Crippen MR) is 101 cm³/mol. The highest BCUT2D eigenvalue weighted by Gasteiger charge is 2.44. The van der Waals surface area contributed by atoms with Gasteiger partial charge in [0.15, 0.2) is 0 Å². The summed E-state index contributed by atoms with van der Waals surface area (Å²) >= 11 is 0. The molecular weight excluding hydrogens is 283 g/mol. The van der Waals surface area contributed by atoms with Gasteiger partial charge >= 0.3 is 0 Å². The van der Waals surface area contributed by atoms with Crippen molar-refractivity contribution in [1.29, 1.82) is 0 Å². The summed E-state index contributed by atoms with van der Waals surface area (Å²) < 4.78 is 0. The molecule has 0 unspecified atom stereocenters. The topological polar surface area (TPSA) is 0 Å². The van der Waals surface area contributed by atoms with Crippen LogP contribution in [0.2, 0.25) is 0 Å². The molecule has 0 heterocycles. The van der Waals surface area contributed by atoms with Crippen LogP contribution < -0.4 is 5.30 Å². The molecular formula is C21H33P. The molecule has 0 N–H and O–H groups in total. The molecule has 1 aromatic rings. The molecule has 2 aliphatic rings. The zero-order chi connectivity index (χ0) is 15.4. The maximum Gasteiger partial charge on any atom is 0.0651 e. The standard InChI is InChI=1S/C21H33P/c1-3-18-14-16-21(17-15-18)22(2,19-10-6-4-7-11-19)20-12-8-5-9-13-20/h14-17,19-20H,2-13H2,1H3. The first-order chi connectivity index (χ1) is 10.7. The lowest BCUT2D eigenvalue weighted by molar-refractivity contribution is 0.483. The van der Waals surface area contributed by atoms with E-state index in [1.807, 2.05) is 0 Å². The van der Waals surface area contributed by atoms with Crippen molar-refractivity contribution in [3.63, 3.8) is 0 Å². The van der Waals surface area contributed by atoms with Crippen molar-refractivity contribution in [3.8, 4) is 0 Å². The summed E-state index contributed by atoms with van der Waals surface area (Å²) in [6.07, 6.45) is 15.6. The molecule has 0 amide bonds. The summed E-state index contributed by atoms with van der Waals surface area (Å²) in [6, 6.07) is 9.67. The molecule has 0 atom stereocenters. The molecule has 2 aliphatic carbocycles. The Kier molecular flexibility index (Phi) is 5.61. The van der Waals surface area contributed by atoms with Gasteiger partial charge in [-0.1, -0.05) is 39.2 Å². The number of hydrogen-bond donors (Lipinski definition) is 0. The predicted octanol–water partition coefficient (Wildman–Crippen LogP) is 6.35. The fourth-order valence-corrected chi connectivity index (χ4v) is 9.53. The van der Waals surface area contributed by atoms with Gasteiger partial charge in [-0.2, -0.15) is 6.66 Å². The van der Waals surface area contributed by atoms with Crippen LogP contribution in [0.15, 0.2) is 24.3 Å². The van der Waals surface area contributed by atoms with Crippen molar-refractivity contribution < 1.29 is 0 Å². The van der Waals surface area contributed by atoms with Crippen LogP contribution in [-0.4, -0.2) is 11.3 Å². The minimum absolute atomic E-state index is 0.914. The van der Waals surface area contributed by atoms with Crippen LogP contribution in [0, 0.1) is 6.66 Å². The van der Waals surface area contributed by atoms with E-state index in [-0.39, 0.29) is 0 Å². The molecule has 0 nitrogen and oxygen atoms in total. The quantitative estimate of drug-likeness (QED) is 0.448. The molecule has 0 aliphatic heterocycles. The second-order valence-electron chi connectivity index (χ2n) is 7.53. The molecule has 22 heavy (non-hydrogen) atoms. The zero-order valence-corrected chi connectivity index (χ0v) is 15.3. The van der Waals surface area contributed by atoms with Gasteiger partial charge in [-0.05, 0) is 75.5 Å². The van der Waals surface area contributed by atoms with Crippen molar-refractivity contribution >= 4 is 12.6 Å². The van der Waals surface area contributed by atoms with E-state index in [0.717, 1.165) is 17.7 Å². The van der Waals surface area contributed by atoms with Gasteiger partial charge in [0.1, 0.15) is 0 Å². The molecule has 1 aromatic carbocycles. The van der Waals surface area contributed by atoms with Gasteiger partial charge in [-0.25, -0.2) is 0 Å². The van der Waals surface area contributed by atoms with Crippen LogP contribution in [0.4, 0.5) is 0 Å². The Hall–Kier alpha value is -0.350. The van der Waals surface area contributed by atoms with Crippen LogP contribution >= 0.6 is 7.26 Å². The van der Waals surface area contributed by atoms with Crippen LogP contribution in [0.3, 0.4) is 0 Å². The number of hydrogen-bond acceptors (Lipinski definition) is 0. The number of benzene rings is 1. The minimum atomic E-state index is -1.25. The molecule has 122 valence electrons. The Morgan fingerprint density at radius 3 is 1.68 bits per heavy atom. The van der Waals surface area contributed by atoms with Gasteiger partial charge in [0.05, 0.1) is 5.30 Å². The van der Waals surface area contributed by atoms with Gasteiger partial charge < -0.3 is 0 Å². The Balaban J connectivity index is 1.92. The van der Waals surface area contributed by atoms with Crippen molar-refractivity contribution in [2.45, 2.75) is 88.9 Å². The van der Waals surface area contributed by atoms with E-state index in [4.69, 9.17) is 6.66 Å². The van der Waals surface area contributed by atoms with E-state index >= 15 is 0 Å². The smallest absolute Gasteiger partial charge is 0.0651 e. The summed E-state index contributed by atoms with van der Waals surface area (Å²) in [7, 11) is -1.25. The molecule has 0 aromatic heterocycles. The molecule has 0 saturated heterocycles. The van der Waals surface area contributed by atoms with E-state index in [1.54, 1.807) is 5.30 Å². The summed E-state index contributed by atoms with van der Waals surface area (Å²) in [5.41, 5.74) is 3.30. The highest BCUT2D eigenvalue weighted by molar-refractivity contribution is 7.85. The second-order valence-corrected chi connectivity index (χ2v) is 11.4. The van der Waals surface area contributed by atoms with Crippen molar-refractivity contribution in [2.24, 2.45) is 0 Å².